The zero-order chi connectivity index (χ0) is 17.9. The Bertz CT molecular complexity index is 832. The third-order valence-corrected chi connectivity index (χ3v) is 3.89. The van der Waals surface area contributed by atoms with Gasteiger partial charge in [0, 0.05) is 24.1 Å². The van der Waals surface area contributed by atoms with Crippen molar-refractivity contribution in [2.24, 2.45) is 0 Å². The number of nitriles is 1. The molecule has 1 aromatic heterocycles. The van der Waals surface area contributed by atoms with Crippen molar-refractivity contribution >= 4 is 28.9 Å². The predicted molar refractivity (Wildman–Crippen MR) is 91.4 cm³/mol. The molecule has 0 aliphatic rings. The van der Waals surface area contributed by atoms with Gasteiger partial charge >= 0.3 is 0 Å². The van der Waals surface area contributed by atoms with Gasteiger partial charge in [0.1, 0.15) is 5.15 Å². The monoisotopic (exact) mass is 364 g/mol. The summed E-state index contributed by atoms with van der Waals surface area (Å²) < 4.78 is 0. The van der Waals surface area contributed by atoms with E-state index in [4.69, 9.17) is 28.5 Å². The van der Waals surface area contributed by atoms with Crippen LogP contribution in [0.3, 0.4) is 0 Å². The fraction of sp³-hybridized carbons (Fsp3) is 0.312. The summed E-state index contributed by atoms with van der Waals surface area (Å²) >= 11 is 12.1. The van der Waals surface area contributed by atoms with Gasteiger partial charge in [0.25, 0.3) is 5.69 Å². The summed E-state index contributed by atoms with van der Waals surface area (Å²) in [5.74, 6) is 0.0713. The summed E-state index contributed by atoms with van der Waals surface area (Å²) in [4.78, 5) is 18.8. The van der Waals surface area contributed by atoms with Gasteiger partial charge in [0.15, 0.2) is 0 Å². The lowest BCUT2D eigenvalue weighted by Crippen LogP contribution is -2.05. The van der Waals surface area contributed by atoms with Crippen LogP contribution >= 0.6 is 23.2 Å². The fourth-order valence-corrected chi connectivity index (χ4v) is 3.14. The maximum atomic E-state index is 11.1. The van der Waals surface area contributed by atoms with E-state index >= 15 is 0 Å². The molecule has 0 spiro atoms. The van der Waals surface area contributed by atoms with E-state index in [0.717, 1.165) is 5.56 Å². The molecule has 0 atom stereocenters. The second-order valence-electron chi connectivity index (χ2n) is 5.58. The summed E-state index contributed by atoms with van der Waals surface area (Å²) in [6.07, 6.45) is 0.409. The SMILES string of the molecule is CC(C)c1c(Cl)nc(Cl)nc1Cc1cc(CC#N)cc([N+](=O)[O-])c1. The molecule has 0 N–H and O–H groups in total. The number of aromatic nitrogens is 2. The Hall–Kier alpha value is -2.23. The minimum atomic E-state index is -0.479. The molecule has 2 rings (SSSR count). The van der Waals surface area contributed by atoms with E-state index in [0.29, 0.717) is 23.2 Å². The first-order valence-corrected chi connectivity index (χ1v) is 7.93. The Balaban J connectivity index is 2.52. The Kier molecular flexibility index (Phi) is 5.71. The van der Waals surface area contributed by atoms with Crippen molar-refractivity contribution in [2.75, 3.05) is 0 Å². The van der Waals surface area contributed by atoms with Crippen LogP contribution in [-0.4, -0.2) is 14.9 Å². The number of non-ortho nitro benzene ring substituents is 1. The molecule has 1 aromatic carbocycles. The van der Waals surface area contributed by atoms with Gasteiger partial charge in [-0.2, -0.15) is 5.26 Å². The zero-order valence-corrected chi connectivity index (χ0v) is 14.6. The fourth-order valence-electron chi connectivity index (χ4n) is 2.50. The summed E-state index contributed by atoms with van der Waals surface area (Å²) in [7, 11) is 0. The van der Waals surface area contributed by atoms with Crippen LogP contribution in [0.1, 0.15) is 42.1 Å². The van der Waals surface area contributed by atoms with Gasteiger partial charge in [-0.25, -0.2) is 9.97 Å². The summed E-state index contributed by atoms with van der Waals surface area (Å²) in [5.41, 5.74) is 2.57. The highest BCUT2D eigenvalue weighted by Crippen LogP contribution is 2.29. The van der Waals surface area contributed by atoms with Crippen LogP contribution in [-0.2, 0) is 12.8 Å². The second kappa shape index (κ2) is 7.56. The highest BCUT2D eigenvalue weighted by molar-refractivity contribution is 6.32. The van der Waals surface area contributed by atoms with E-state index in [-0.39, 0.29) is 28.5 Å². The highest BCUT2D eigenvalue weighted by atomic mass is 35.5. The molecule has 0 saturated carbocycles. The molecular weight excluding hydrogens is 351 g/mol. The molecule has 0 aliphatic heterocycles. The highest BCUT2D eigenvalue weighted by Gasteiger charge is 2.18. The maximum absolute atomic E-state index is 11.1. The van der Waals surface area contributed by atoms with Gasteiger partial charge in [-0.05, 0) is 28.6 Å². The lowest BCUT2D eigenvalue weighted by Gasteiger charge is -2.14. The van der Waals surface area contributed by atoms with Gasteiger partial charge in [0.2, 0.25) is 5.28 Å². The number of rotatable bonds is 5. The average Bonchev–Trinajstić information content (AvgIpc) is 2.45. The Morgan fingerprint density at radius 2 is 1.92 bits per heavy atom. The Morgan fingerprint density at radius 1 is 1.25 bits per heavy atom. The number of hydrogen-bond acceptors (Lipinski definition) is 5. The number of hydrogen-bond donors (Lipinski definition) is 0. The van der Waals surface area contributed by atoms with Crippen molar-refractivity contribution in [2.45, 2.75) is 32.6 Å². The lowest BCUT2D eigenvalue weighted by molar-refractivity contribution is -0.385. The van der Waals surface area contributed by atoms with Crippen LogP contribution in [0.4, 0.5) is 5.69 Å². The lowest BCUT2D eigenvalue weighted by atomic mass is 9.97. The minimum Gasteiger partial charge on any atom is -0.258 e. The van der Waals surface area contributed by atoms with Crippen LogP contribution in [0.15, 0.2) is 18.2 Å². The Morgan fingerprint density at radius 3 is 2.50 bits per heavy atom. The van der Waals surface area contributed by atoms with E-state index in [9.17, 15) is 10.1 Å². The summed E-state index contributed by atoms with van der Waals surface area (Å²) in [5, 5.41) is 20.3. The smallest absolute Gasteiger partial charge is 0.258 e. The molecule has 2 aromatic rings. The number of nitro benzene ring substituents is 1. The van der Waals surface area contributed by atoms with E-state index in [2.05, 4.69) is 9.97 Å². The molecule has 0 amide bonds. The van der Waals surface area contributed by atoms with Gasteiger partial charge in [-0.15, -0.1) is 0 Å². The molecule has 8 heteroatoms. The van der Waals surface area contributed by atoms with Gasteiger partial charge < -0.3 is 0 Å². The molecule has 0 fully saturated rings. The number of nitrogens with zero attached hydrogens (tertiary/aromatic N) is 4. The third kappa shape index (κ3) is 4.19. The van der Waals surface area contributed by atoms with E-state index in [1.165, 1.54) is 12.1 Å². The molecule has 0 radical (unpaired) electrons. The molecule has 6 nitrogen and oxygen atoms in total. The van der Waals surface area contributed by atoms with E-state index < -0.39 is 4.92 Å². The van der Waals surface area contributed by atoms with Crippen molar-refractivity contribution in [3.05, 3.63) is 61.1 Å². The minimum absolute atomic E-state index is 0.0297. The second-order valence-corrected chi connectivity index (χ2v) is 6.27. The third-order valence-electron chi connectivity index (χ3n) is 3.43. The van der Waals surface area contributed by atoms with E-state index in [1.807, 2.05) is 19.9 Å². The normalized spacial score (nSPS) is 10.7. The largest absolute Gasteiger partial charge is 0.270 e. The quantitative estimate of drug-likeness (QED) is 0.337. The van der Waals surface area contributed by atoms with Crippen molar-refractivity contribution in [1.29, 1.82) is 5.26 Å². The first-order valence-electron chi connectivity index (χ1n) is 7.17. The standard InChI is InChI=1S/C16H14Cl2N4O2/c1-9(2)14-13(20-16(18)21-15(14)17)8-11-5-10(3-4-19)6-12(7-11)22(23)24/h5-7,9H,3,8H2,1-2H3. The van der Waals surface area contributed by atoms with Crippen LogP contribution in [0.2, 0.25) is 10.4 Å². The molecule has 124 valence electrons. The molecule has 0 bridgehead atoms. The predicted octanol–water partition coefficient (Wildman–Crippen LogP) is 4.47. The van der Waals surface area contributed by atoms with Gasteiger partial charge in [-0.3, -0.25) is 10.1 Å². The molecule has 1 heterocycles. The molecular formula is C16H14Cl2N4O2. The van der Waals surface area contributed by atoms with Crippen LogP contribution in [0.5, 0.6) is 0 Å². The summed E-state index contributed by atoms with van der Waals surface area (Å²) in [6, 6.07) is 6.62. The first kappa shape index (κ1) is 18.1. The molecule has 0 aliphatic carbocycles. The number of benzene rings is 1. The Labute approximate surface area is 149 Å². The topological polar surface area (TPSA) is 92.7 Å². The molecule has 0 saturated heterocycles. The first-order chi connectivity index (χ1) is 11.3. The molecule has 0 unspecified atom stereocenters. The van der Waals surface area contributed by atoms with Crippen molar-refractivity contribution in [3.8, 4) is 6.07 Å². The van der Waals surface area contributed by atoms with Gasteiger partial charge in [0.05, 0.1) is 23.1 Å². The average molecular weight is 365 g/mol. The molecule has 24 heavy (non-hydrogen) atoms. The van der Waals surface area contributed by atoms with E-state index in [1.54, 1.807) is 6.07 Å². The van der Waals surface area contributed by atoms with Crippen LogP contribution in [0.25, 0.3) is 0 Å². The maximum Gasteiger partial charge on any atom is 0.270 e. The summed E-state index contributed by atoms with van der Waals surface area (Å²) in [6.45, 7) is 3.91. The van der Waals surface area contributed by atoms with Crippen LogP contribution in [0, 0.1) is 21.4 Å². The number of nitro groups is 1. The van der Waals surface area contributed by atoms with Gasteiger partial charge in [-0.1, -0.05) is 31.5 Å². The van der Waals surface area contributed by atoms with Crippen molar-refractivity contribution in [1.82, 2.24) is 9.97 Å². The van der Waals surface area contributed by atoms with Crippen molar-refractivity contribution in [3.63, 3.8) is 0 Å². The zero-order valence-electron chi connectivity index (χ0n) is 13.1. The van der Waals surface area contributed by atoms with Crippen LogP contribution < -0.4 is 0 Å². The number of halogens is 2. The van der Waals surface area contributed by atoms with Crippen molar-refractivity contribution < 1.29 is 4.92 Å².